The van der Waals surface area contributed by atoms with Crippen LogP contribution in [-0.4, -0.2) is 34.0 Å². The summed E-state index contributed by atoms with van der Waals surface area (Å²) in [5.74, 6) is -0.694. The number of rotatable bonds is 3. The van der Waals surface area contributed by atoms with E-state index in [1.807, 2.05) is 17.8 Å². The van der Waals surface area contributed by atoms with Crippen molar-refractivity contribution in [1.29, 1.82) is 0 Å². The quantitative estimate of drug-likeness (QED) is 0.876. The molecule has 4 nitrogen and oxygen atoms in total. The van der Waals surface area contributed by atoms with E-state index >= 15 is 0 Å². The lowest BCUT2D eigenvalue weighted by atomic mass is 9.99. The Balaban J connectivity index is 2.05. The van der Waals surface area contributed by atoms with Gasteiger partial charge in [0.1, 0.15) is 0 Å². The summed E-state index contributed by atoms with van der Waals surface area (Å²) in [6, 6.07) is 0.220. The van der Waals surface area contributed by atoms with Crippen molar-refractivity contribution in [1.82, 2.24) is 9.88 Å². The van der Waals surface area contributed by atoms with Gasteiger partial charge in [-0.2, -0.15) is 0 Å². The zero-order valence-electron chi connectivity index (χ0n) is 9.46. The molecule has 0 aromatic carbocycles. The molecule has 3 atom stereocenters. The van der Waals surface area contributed by atoms with Gasteiger partial charge in [-0.15, -0.1) is 11.3 Å². The van der Waals surface area contributed by atoms with E-state index in [1.165, 1.54) is 0 Å². The second kappa shape index (κ2) is 4.51. The fraction of sp³-hybridized carbons (Fsp3) is 0.636. The third-order valence-corrected chi connectivity index (χ3v) is 3.99. The summed E-state index contributed by atoms with van der Waals surface area (Å²) in [5, 5.41) is 11.1. The molecule has 1 aromatic heterocycles. The van der Waals surface area contributed by atoms with Crippen LogP contribution >= 0.6 is 11.3 Å². The Morgan fingerprint density at radius 2 is 2.44 bits per heavy atom. The highest BCUT2D eigenvalue weighted by Gasteiger charge is 2.37. The first-order valence-electron chi connectivity index (χ1n) is 5.44. The van der Waals surface area contributed by atoms with Gasteiger partial charge in [0.25, 0.3) is 0 Å². The predicted molar refractivity (Wildman–Crippen MR) is 62.4 cm³/mol. The molecule has 0 radical (unpaired) electrons. The number of aromatic nitrogens is 1. The summed E-state index contributed by atoms with van der Waals surface area (Å²) < 4.78 is 0. The Bertz CT molecular complexity index is 366. The number of nitrogens with zero attached hydrogens (tertiary/aromatic N) is 2. The van der Waals surface area contributed by atoms with E-state index in [0.29, 0.717) is 6.54 Å². The summed E-state index contributed by atoms with van der Waals surface area (Å²) in [7, 11) is 0. The zero-order valence-corrected chi connectivity index (χ0v) is 10.3. The maximum absolute atomic E-state index is 11.0. The minimum atomic E-state index is -0.680. The molecule has 1 fully saturated rings. The van der Waals surface area contributed by atoms with Gasteiger partial charge < -0.3 is 5.11 Å². The van der Waals surface area contributed by atoms with Gasteiger partial charge in [-0.25, -0.2) is 4.98 Å². The number of likely N-dealkylation sites (tertiary alicyclic amines) is 1. The molecule has 1 aliphatic rings. The summed E-state index contributed by atoms with van der Waals surface area (Å²) in [6.45, 7) is 5.57. The largest absolute Gasteiger partial charge is 0.481 e. The predicted octanol–water partition coefficient (Wildman–Crippen LogP) is 1.86. The number of hydrogen-bond donors (Lipinski definition) is 1. The summed E-state index contributed by atoms with van der Waals surface area (Å²) in [5.41, 5.74) is 2.86. The van der Waals surface area contributed by atoms with Crippen LogP contribution in [0.25, 0.3) is 0 Å². The molecule has 16 heavy (non-hydrogen) atoms. The van der Waals surface area contributed by atoms with Crippen molar-refractivity contribution < 1.29 is 9.90 Å². The average Bonchev–Trinajstić information content (AvgIpc) is 2.84. The highest BCUT2D eigenvalue weighted by molar-refractivity contribution is 7.07. The van der Waals surface area contributed by atoms with E-state index in [9.17, 15) is 4.79 Å². The lowest BCUT2D eigenvalue weighted by molar-refractivity contribution is -0.142. The van der Waals surface area contributed by atoms with Crippen molar-refractivity contribution in [2.75, 3.05) is 13.1 Å². The van der Waals surface area contributed by atoms with Gasteiger partial charge in [-0.05, 0) is 12.8 Å². The number of carboxylic acids is 1. The van der Waals surface area contributed by atoms with Gasteiger partial charge in [0, 0.05) is 18.5 Å². The Kier molecular flexibility index (Phi) is 3.25. The van der Waals surface area contributed by atoms with Crippen LogP contribution in [-0.2, 0) is 4.79 Å². The Hall–Kier alpha value is -0.940. The molecular weight excluding hydrogens is 224 g/mol. The average molecular weight is 240 g/mol. The van der Waals surface area contributed by atoms with E-state index in [0.717, 1.165) is 12.2 Å². The van der Waals surface area contributed by atoms with Crippen LogP contribution < -0.4 is 0 Å². The smallest absolute Gasteiger partial charge is 0.308 e. The minimum absolute atomic E-state index is 0.220. The van der Waals surface area contributed by atoms with Crippen LogP contribution in [0.4, 0.5) is 0 Å². The van der Waals surface area contributed by atoms with Gasteiger partial charge in [-0.1, -0.05) is 6.92 Å². The molecule has 1 N–H and O–H groups in total. The molecule has 0 spiro atoms. The normalized spacial score (nSPS) is 28.1. The first kappa shape index (κ1) is 11.5. The Labute approximate surface area is 98.9 Å². The van der Waals surface area contributed by atoms with Crippen molar-refractivity contribution in [2.24, 2.45) is 11.8 Å². The third kappa shape index (κ3) is 2.10. The topological polar surface area (TPSA) is 53.4 Å². The van der Waals surface area contributed by atoms with E-state index < -0.39 is 5.97 Å². The van der Waals surface area contributed by atoms with Crippen molar-refractivity contribution in [3.8, 4) is 0 Å². The SMILES string of the molecule is CC(c1cscn1)N1C[C@@H](C)[C@H](C(=O)O)C1. The summed E-state index contributed by atoms with van der Waals surface area (Å²) >= 11 is 1.58. The Morgan fingerprint density at radius 1 is 1.69 bits per heavy atom. The molecule has 0 saturated carbocycles. The van der Waals surface area contributed by atoms with E-state index in [2.05, 4.69) is 16.8 Å². The fourth-order valence-electron chi connectivity index (χ4n) is 2.26. The highest BCUT2D eigenvalue weighted by atomic mass is 32.1. The first-order chi connectivity index (χ1) is 7.59. The van der Waals surface area contributed by atoms with Gasteiger partial charge in [-0.3, -0.25) is 9.69 Å². The number of hydrogen-bond acceptors (Lipinski definition) is 4. The van der Waals surface area contributed by atoms with E-state index in [4.69, 9.17) is 5.11 Å². The molecule has 2 heterocycles. The molecule has 1 saturated heterocycles. The molecule has 2 rings (SSSR count). The van der Waals surface area contributed by atoms with Crippen LogP contribution in [0.2, 0.25) is 0 Å². The van der Waals surface area contributed by atoms with Gasteiger partial charge in [0.05, 0.1) is 23.2 Å². The third-order valence-electron chi connectivity index (χ3n) is 3.38. The number of thiazole rings is 1. The minimum Gasteiger partial charge on any atom is -0.481 e. The van der Waals surface area contributed by atoms with Gasteiger partial charge in [0.2, 0.25) is 0 Å². The van der Waals surface area contributed by atoms with Crippen LogP contribution in [0.3, 0.4) is 0 Å². The number of carboxylic acid groups (broad SMARTS) is 1. The number of carbonyl (C=O) groups is 1. The van der Waals surface area contributed by atoms with Crippen LogP contribution in [0.5, 0.6) is 0 Å². The second-order valence-electron chi connectivity index (χ2n) is 4.47. The molecular formula is C11H16N2O2S. The van der Waals surface area contributed by atoms with Gasteiger partial charge in [0.15, 0.2) is 0 Å². The van der Waals surface area contributed by atoms with Crippen LogP contribution in [0.1, 0.15) is 25.6 Å². The van der Waals surface area contributed by atoms with E-state index in [1.54, 1.807) is 11.3 Å². The molecule has 0 amide bonds. The lowest BCUT2D eigenvalue weighted by Gasteiger charge is -2.22. The molecule has 1 aromatic rings. The Morgan fingerprint density at radius 3 is 2.94 bits per heavy atom. The standard InChI is InChI=1S/C11H16N2O2S/c1-7-3-13(4-9(7)11(14)15)8(2)10-5-16-6-12-10/h5-9H,3-4H2,1-2H3,(H,14,15)/t7-,8?,9-/m1/s1. The van der Waals surface area contributed by atoms with Crippen molar-refractivity contribution >= 4 is 17.3 Å². The maximum atomic E-state index is 11.0. The monoisotopic (exact) mass is 240 g/mol. The first-order valence-corrected chi connectivity index (χ1v) is 6.38. The second-order valence-corrected chi connectivity index (χ2v) is 5.18. The van der Waals surface area contributed by atoms with Crippen LogP contribution in [0.15, 0.2) is 10.9 Å². The van der Waals surface area contributed by atoms with Crippen molar-refractivity contribution in [3.63, 3.8) is 0 Å². The van der Waals surface area contributed by atoms with Gasteiger partial charge >= 0.3 is 5.97 Å². The summed E-state index contributed by atoms with van der Waals surface area (Å²) in [4.78, 5) is 17.5. The molecule has 1 aliphatic heterocycles. The number of aliphatic carboxylic acids is 1. The van der Waals surface area contributed by atoms with Crippen molar-refractivity contribution in [2.45, 2.75) is 19.9 Å². The maximum Gasteiger partial charge on any atom is 0.308 e. The fourth-order valence-corrected chi connectivity index (χ4v) is 2.90. The molecule has 1 unspecified atom stereocenters. The summed E-state index contributed by atoms with van der Waals surface area (Å²) in [6.07, 6.45) is 0. The van der Waals surface area contributed by atoms with Crippen molar-refractivity contribution in [3.05, 3.63) is 16.6 Å². The highest BCUT2D eigenvalue weighted by Crippen LogP contribution is 2.30. The molecule has 88 valence electrons. The van der Waals surface area contributed by atoms with Crippen LogP contribution in [0, 0.1) is 11.8 Å². The molecule has 0 aliphatic carbocycles. The van der Waals surface area contributed by atoms with E-state index in [-0.39, 0.29) is 17.9 Å². The lowest BCUT2D eigenvalue weighted by Crippen LogP contribution is -2.26. The molecule has 0 bridgehead atoms. The molecule has 5 heteroatoms. The zero-order chi connectivity index (χ0) is 11.7.